The summed E-state index contributed by atoms with van der Waals surface area (Å²) in [5.74, 6) is 0.0221. The van der Waals surface area contributed by atoms with E-state index in [1.165, 1.54) is 12.3 Å². The van der Waals surface area contributed by atoms with Crippen LogP contribution >= 0.6 is 0 Å². The first kappa shape index (κ1) is 11.0. The Kier molecular flexibility index (Phi) is 2.90. The molecule has 1 aromatic heterocycles. The van der Waals surface area contributed by atoms with Crippen molar-refractivity contribution in [1.29, 1.82) is 0 Å². The Hall–Kier alpha value is -1.45. The summed E-state index contributed by atoms with van der Waals surface area (Å²) in [4.78, 5) is 17.2. The number of hydrogen-bond acceptors (Lipinski definition) is 2. The van der Waals surface area contributed by atoms with Crippen LogP contribution in [-0.4, -0.2) is 28.9 Å². The normalized spacial score (nSPS) is 24.8. The number of halogens is 1. The highest BCUT2D eigenvalue weighted by molar-refractivity contribution is 5.94. The van der Waals surface area contributed by atoms with Crippen LogP contribution in [-0.2, 0) is 0 Å². The summed E-state index contributed by atoms with van der Waals surface area (Å²) in [5.41, 5.74) is 0.0730. The molecule has 0 aliphatic carbocycles. The molecule has 1 aliphatic rings. The lowest BCUT2D eigenvalue weighted by Crippen LogP contribution is -2.29. The maximum atomic E-state index is 13.3. The maximum Gasteiger partial charge on any atom is 0.258 e. The second-order valence-corrected chi connectivity index (χ2v) is 4.51. The van der Waals surface area contributed by atoms with Gasteiger partial charge in [-0.25, -0.2) is 4.98 Å². The topological polar surface area (TPSA) is 33.2 Å². The van der Waals surface area contributed by atoms with Crippen LogP contribution in [0.5, 0.6) is 0 Å². The molecule has 0 radical (unpaired) electrons. The van der Waals surface area contributed by atoms with E-state index >= 15 is 0 Å². The van der Waals surface area contributed by atoms with E-state index < -0.39 is 5.95 Å². The fraction of sp³-hybridized carbons (Fsp3) is 0.500. The van der Waals surface area contributed by atoms with Gasteiger partial charge in [0.1, 0.15) is 0 Å². The zero-order valence-electron chi connectivity index (χ0n) is 9.48. The Bertz CT molecular complexity index is 398. The molecule has 0 aromatic carbocycles. The van der Waals surface area contributed by atoms with Crippen LogP contribution in [0, 0.1) is 17.8 Å². The number of likely N-dealkylation sites (tertiary alicyclic amines) is 1. The van der Waals surface area contributed by atoms with Crippen molar-refractivity contribution in [2.75, 3.05) is 13.1 Å². The number of pyridine rings is 1. The molecule has 4 heteroatoms. The molecule has 2 heterocycles. The summed E-state index contributed by atoms with van der Waals surface area (Å²) >= 11 is 0. The van der Waals surface area contributed by atoms with Crippen molar-refractivity contribution >= 4 is 5.91 Å². The number of amides is 1. The molecular formula is C12H15FN2O. The van der Waals surface area contributed by atoms with Gasteiger partial charge in [-0.2, -0.15) is 4.39 Å². The predicted octanol–water partition coefficient (Wildman–Crippen LogP) is 1.95. The van der Waals surface area contributed by atoms with Gasteiger partial charge < -0.3 is 4.90 Å². The lowest BCUT2D eigenvalue weighted by Gasteiger charge is -2.15. The quantitative estimate of drug-likeness (QED) is 0.680. The molecule has 1 aromatic rings. The summed E-state index contributed by atoms with van der Waals surface area (Å²) in [6, 6.07) is 3.07. The van der Waals surface area contributed by atoms with Crippen molar-refractivity contribution in [3.05, 3.63) is 29.8 Å². The van der Waals surface area contributed by atoms with Crippen molar-refractivity contribution in [2.45, 2.75) is 13.8 Å². The van der Waals surface area contributed by atoms with E-state index in [1.54, 1.807) is 11.0 Å². The minimum atomic E-state index is -0.681. The van der Waals surface area contributed by atoms with Crippen molar-refractivity contribution in [1.82, 2.24) is 9.88 Å². The van der Waals surface area contributed by atoms with Crippen molar-refractivity contribution in [3.8, 4) is 0 Å². The van der Waals surface area contributed by atoms with Crippen LogP contribution in [0.1, 0.15) is 24.2 Å². The zero-order chi connectivity index (χ0) is 11.7. The number of rotatable bonds is 1. The predicted molar refractivity (Wildman–Crippen MR) is 58.4 cm³/mol. The number of hydrogen-bond donors (Lipinski definition) is 0. The highest BCUT2D eigenvalue weighted by Gasteiger charge is 2.30. The molecule has 2 atom stereocenters. The van der Waals surface area contributed by atoms with E-state index in [1.807, 2.05) is 0 Å². The van der Waals surface area contributed by atoms with E-state index in [2.05, 4.69) is 18.8 Å². The third-order valence-corrected chi connectivity index (χ3v) is 3.26. The van der Waals surface area contributed by atoms with E-state index in [0.717, 1.165) is 0 Å². The van der Waals surface area contributed by atoms with Crippen molar-refractivity contribution in [3.63, 3.8) is 0 Å². The molecule has 2 unspecified atom stereocenters. The average Bonchev–Trinajstić information content (AvgIpc) is 2.59. The second kappa shape index (κ2) is 4.20. The molecule has 1 fully saturated rings. The molecule has 1 aliphatic heterocycles. The van der Waals surface area contributed by atoms with E-state index in [0.29, 0.717) is 24.9 Å². The fourth-order valence-electron chi connectivity index (χ4n) is 2.01. The monoisotopic (exact) mass is 222 g/mol. The van der Waals surface area contributed by atoms with E-state index in [4.69, 9.17) is 0 Å². The molecule has 1 amide bonds. The number of aromatic nitrogens is 1. The van der Waals surface area contributed by atoms with Gasteiger partial charge in [-0.3, -0.25) is 4.79 Å². The molecule has 86 valence electrons. The molecular weight excluding hydrogens is 207 g/mol. The van der Waals surface area contributed by atoms with Crippen LogP contribution < -0.4 is 0 Å². The summed E-state index contributed by atoms with van der Waals surface area (Å²) in [6.07, 6.45) is 1.35. The summed E-state index contributed by atoms with van der Waals surface area (Å²) in [7, 11) is 0. The molecule has 0 bridgehead atoms. The average molecular weight is 222 g/mol. The van der Waals surface area contributed by atoms with E-state index in [9.17, 15) is 9.18 Å². The van der Waals surface area contributed by atoms with Crippen LogP contribution in [0.4, 0.5) is 4.39 Å². The van der Waals surface area contributed by atoms with Gasteiger partial charge in [0.25, 0.3) is 5.91 Å². The molecule has 0 N–H and O–H groups in total. The fourth-order valence-corrected chi connectivity index (χ4v) is 2.01. The summed E-state index contributed by atoms with van der Waals surface area (Å²) < 4.78 is 13.3. The largest absolute Gasteiger partial charge is 0.338 e. The van der Waals surface area contributed by atoms with Gasteiger partial charge in [0.2, 0.25) is 5.95 Å². The van der Waals surface area contributed by atoms with Crippen LogP contribution in [0.25, 0.3) is 0 Å². The minimum Gasteiger partial charge on any atom is -0.338 e. The summed E-state index contributed by atoms with van der Waals surface area (Å²) in [6.45, 7) is 5.62. The van der Waals surface area contributed by atoms with Gasteiger partial charge >= 0.3 is 0 Å². The Morgan fingerprint density at radius 1 is 1.44 bits per heavy atom. The highest BCUT2D eigenvalue weighted by atomic mass is 19.1. The van der Waals surface area contributed by atoms with Gasteiger partial charge in [0.05, 0.1) is 5.56 Å². The Labute approximate surface area is 94.3 Å². The van der Waals surface area contributed by atoms with Crippen LogP contribution in [0.15, 0.2) is 18.3 Å². The van der Waals surface area contributed by atoms with Crippen LogP contribution in [0.3, 0.4) is 0 Å². The molecule has 0 spiro atoms. The highest BCUT2D eigenvalue weighted by Crippen LogP contribution is 2.23. The van der Waals surface area contributed by atoms with Gasteiger partial charge in [-0.15, -0.1) is 0 Å². The smallest absolute Gasteiger partial charge is 0.258 e. The lowest BCUT2D eigenvalue weighted by molar-refractivity contribution is 0.0779. The maximum absolute atomic E-state index is 13.3. The first-order chi connectivity index (χ1) is 7.59. The zero-order valence-corrected chi connectivity index (χ0v) is 9.48. The Balaban J connectivity index is 2.18. The number of nitrogens with zero attached hydrogens (tertiary/aromatic N) is 2. The van der Waals surface area contributed by atoms with E-state index in [-0.39, 0.29) is 11.5 Å². The van der Waals surface area contributed by atoms with Crippen LogP contribution in [0.2, 0.25) is 0 Å². The Morgan fingerprint density at radius 3 is 2.62 bits per heavy atom. The standard InChI is InChI=1S/C12H15FN2O/c1-8-6-15(7-9(8)2)12(16)10-4-3-5-14-11(10)13/h3-5,8-9H,6-7H2,1-2H3. The van der Waals surface area contributed by atoms with Gasteiger partial charge in [0, 0.05) is 19.3 Å². The summed E-state index contributed by atoms with van der Waals surface area (Å²) in [5, 5.41) is 0. The SMILES string of the molecule is CC1CN(C(=O)c2cccnc2F)CC1C. The molecule has 16 heavy (non-hydrogen) atoms. The van der Waals surface area contributed by atoms with Gasteiger partial charge in [-0.05, 0) is 24.0 Å². The molecule has 3 nitrogen and oxygen atoms in total. The van der Waals surface area contributed by atoms with Crippen molar-refractivity contribution in [2.24, 2.45) is 11.8 Å². The third-order valence-electron chi connectivity index (χ3n) is 3.26. The van der Waals surface area contributed by atoms with Gasteiger partial charge in [-0.1, -0.05) is 13.8 Å². The van der Waals surface area contributed by atoms with Crippen molar-refractivity contribution < 1.29 is 9.18 Å². The third kappa shape index (κ3) is 1.92. The first-order valence-electron chi connectivity index (χ1n) is 5.49. The molecule has 2 rings (SSSR count). The number of carbonyl (C=O) groups is 1. The lowest BCUT2D eigenvalue weighted by atomic mass is 10.0. The van der Waals surface area contributed by atoms with Gasteiger partial charge in [0.15, 0.2) is 0 Å². The number of carbonyl (C=O) groups excluding carboxylic acids is 1. The second-order valence-electron chi connectivity index (χ2n) is 4.51. The first-order valence-corrected chi connectivity index (χ1v) is 5.49. The molecule has 1 saturated heterocycles. The Morgan fingerprint density at radius 2 is 2.06 bits per heavy atom. The molecule has 0 saturated carbocycles. The minimum absolute atomic E-state index is 0.0730.